The smallest absolute Gasteiger partial charge is 0.284 e. The highest BCUT2D eigenvalue weighted by Gasteiger charge is 2.11. The van der Waals surface area contributed by atoms with Crippen LogP contribution in [0.15, 0.2) is 35.4 Å². The summed E-state index contributed by atoms with van der Waals surface area (Å²) in [7, 11) is 0. The van der Waals surface area contributed by atoms with E-state index in [0.717, 1.165) is 6.07 Å². The minimum Gasteiger partial charge on any atom is -0.336 e. The monoisotopic (exact) mass is 288 g/mol. The van der Waals surface area contributed by atoms with Crippen LogP contribution in [0.25, 0.3) is 11.0 Å². The molecule has 0 bridgehead atoms. The Bertz CT molecular complexity index is 892. The second-order valence-corrected chi connectivity index (χ2v) is 4.49. The van der Waals surface area contributed by atoms with Gasteiger partial charge in [-0.3, -0.25) is 4.79 Å². The van der Waals surface area contributed by atoms with Crippen LogP contribution < -0.4 is 10.9 Å². The summed E-state index contributed by atoms with van der Waals surface area (Å²) in [4.78, 5) is 21.5. The minimum absolute atomic E-state index is 0.196. The van der Waals surface area contributed by atoms with Crippen molar-refractivity contribution in [3.8, 4) is 0 Å². The van der Waals surface area contributed by atoms with Crippen molar-refractivity contribution in [3.63, 3.8) is 0 Å². The van der Waals surface area contributed by atoms with Gasteiger partial charge < -0.3 is 10.3 Å². The van der Waals surface area contributed by atoms with Crippen LogP contribution in [0.5, 0.6) is 0 Å². The van der Waals surface area contributed by atoms with E-state index < -0.39 is 17.2 Å². The maximum absolute atomic E-state index is 14.0. The number of fused-ring (bicyclic) bond motifs is 1. The van der Waals surface area contributed by atoms with Gasteiger partial charge in [0, 0.05) is 6.07 Å². The number of halogens is 2. The number of anilines is 2. The van der Waals surface area contributed by atoms with Crippen LogP contribution in [-0.2, 0) is 0 Å². The Morgan fingerprint density at radius 2 is 2.05 bits per heavy atom. The minimum atomic E-state index is -0.936. The van der Waals surface area contributed by atoms with Crippen molar-refractivity contribution >= 4 is 22.5 Å². The number of rotatable bonds is 2. The summed E-state index contributed by atoms with van der Waals surface area (Å²) in [5.74, 6) is -1.16. The molecule has 3 aromatic rings. The van der Waals surface area contributed by atoms with E-state index >= 15 is 0 Å². The van der Waals surface area contributed by atoms with Crippen molar-refractivity contribution < 1.29 is 8.78 Å². The number of hydrogen-bond acceptors (Lipinski definition) is 4. The predicted octanol–water partition coefficient (Wildman–Crippen LogP) is 2.65. The van der Waals surface area contributed by atoms with Gasteiger partial charge in [-0.15, -0.1) is 0 Å². The van der Waals surface area contributed by atoms with E-state index in [0.29, 0.717) is 5.56 Å². The average Bonchev–Trinajstić information content (AvgIpc) is 2.46. The first-order chi connectivity index (χ1) is 10.1. The second-order valence-electron chi connectivity index (χ2n) is 4.49. The molecule has 0 saturated carbocycles. The molecule has 0 fully saturated rings. The van der Waals surface area contributed by atoms with Crippen LogP contribution in [0.4, 0.5) is 20.3 Å². The average molecular weight is 288 g/mol. The summed E-state index contributed by atoms with van der Waals surface area (Å²) >= 11 is 0. The number of nitrogens with zero attached hydrogens (tertiary/aromatic N) is 2. The fourth-order valence-corrected chi connectivity index (χ4v) is 1.96. The molecule has 5 nitrogen and oxygen atoms in total. The van der Waals surface area contributed by atoms with Gasteiger partial charge in [0.1, 0.15) is 17.7 Å². The quantitative estimate of drug-likeness (QED) is 0.760. The Balaban J connectivity index is 2.15. The Kier molecular flexibility index (Phi) is 3.09. The SMILES string of the molecule is Cc1cccc(Nc2ncnc3cc(F)c(=O)[nH]c23)c1F. The van der Waals surface area contributed by atoms with Gasteiger partial charge in [0.25, 0.3) is 5.56 Å². The number of aromatic amines is 1. The van der Waals surface area contributed by atoms with Crippen LogP contribution in [0.3, 0.4) is 0 Å². The Hall–Kier alpha value is -2.83. The molecule has 0 aliphatic rings. The molecule has 7 heteroatoms. The van der Waals surface area contributed by atoms with Crippen molar-refractivity contribution in [2.75, 3.05) is 5.32 Å². The number of pyridine rings is 1. The van der Waals surface area contributed by atoms with E-state index in [1.807, 2.05) is 0 Å². The van der Waals surface area contributed by atoms with Gasteiger partial charge in [-0.1, -0.05) is 12.1 Å². The summed E-state index contributed by atoms with van der Waals surface area (Å²) < 4.78 is 27.2. The summed E-state index contributed by atoms with van der Waals surface area (Å²) in [6.07, 6.45) is 1.20. The fraction of sp³-hybridized carbons (Fsp3) is 0.0714. The molecule has 2 aromatic heterocycles. The van der Waals surface area contributed by atoms with Crippen molar-refractivity contribution in [1.29, 1.82) is 0 Å². The van der Waals surface area contributed by atoms with Gasteiger partial charge in [-0.05, 0) is 18.6 Å². The molecule has 0 radical (unpaired) electrons. The van der Waals surface area contributed by atoms with Gasteiger partial charge in [0.05, 0.1) is 11.2 Å². The highest BCUT2D eigenvalue weighted by Crippen LogP contribution is 2.24. The number of aryl methyl sites for hydroxylation is 1. The molecule has 2 heterocycles. The van der Waals surface area contributed by atoms with Gasteiger partial charge in [-0.2, -0.15) is 0 Å². The van der Waals surface area contributed by atoms with Gasteiger partial charge >= 0.3 is 0 Å². The zero-order valence-corrected chi connectivity index (χ0v) is 10.9. The molecule has 0 spiro atoms. The molecule has 1 aromatic carbocycles. The standard InChI is InChI=1S/C14H10F2N4O/c1-7-3-2-4-9(11(7)16)19-13-12-10(17-6-18-13)5-8(15)14(21)20-12/h2-6H,1H3,(H,20,21)(H,17,18,19). The summed E-state index contributed by atoms with van der Waals surface area (Å²) in [5, 5.41) is 2.78. The third-order valence-electron chi connectivity index (χ3n) is 3.04. The van der Waals surface area contributed by atoms with Crippen LogP contribution in [-0.4, -0.2) is 15.0 Å². The van der Waals surface area contributed by atoms with Crippen LogP contribution in [0, 0.1) is 18.6 Å². The topological polar surface area (TPSA) is 70.7 Å². The summed E-state index contributed by atoms with van der Waals surface area (Å²) in [6.45, 7) is 1.63. The largest absolute Gasteiger partial charge is 0.336 e. The number of aromatic nitrogens is 3. The van der Waals surface area contributed by atoms with Crippen molar-refractivity contribution in [3.05, 3.63) is 58.1 Å². The first-order valence-electron chi connectivity index (χ1n) is 6.12. The molecule has 0 unspecified atom stereocenters. The molecular formula is C14H10F2N4O. The molecule has 3 rings (SSSR count). The van der Waals surface area contributed by atoms with E-state index in [9.17, 15) is 13.6 Å². The van der Waals surface area contributed by atoms with E-state index in [2.05, 4.69) is 20.3 Å². The molecular weight excluding hydrogens is 278 g/mol. The predicted molar refractivity (Wildman–Crippen MR) is 74.5 cm³/mol. The van der Waals surface area contributed by atoms with Crippen molar-refractivity contribution in [2.45, 2.75) is 6.92 Å². The zero-order valence-electron chi connectivity index (χ0n) is 10.9. The molecule has 0 aliphatic carbocycles. The van der Waals surface area contributed by atoms with Crippen molar-refractivity contribution in [1.82, 2.24) is 15.0 Å². The lowest BCUT2D eigenvalue weighted by Gasteiger charge is -2.10. The lowest BCUT2D eigenvalue weighted by molar-refractivity contribution is 0.611. The van der Waals surface area contributed by atoms with E-state index in [1.165, 1.54) is 12.4 Å². The fourth-order valence-electron chi connectivity index (χ4n) is 1.96. The number of nitrogens with one attached hydrogen (secondary N) is 2. The van der Waals surface area contributed by atoms with Gasteiger partial charge in [-0.25, -0.2) is 18.7 Å². The lowest BCUT2D eigenvalue weighted by atomic mass is 10.2. The van der Waals surface area contributed by atoms with Gasteiger partial charge in [0.15, 0.2) is 11.6 Å². The second kappa shape index (κ2) is 4.93. The molecule has 21 heavy (non-hydrogen) atoms. The van der Waals surface area contributed by atoms with Crippen LogP contribution in [0.2, 0.25) is 0 Å². The number of H-pyrrole nitrogens is 1. The Morgan fingerprint density at radius 3 is 2.86 bits per heavy atom. The number of hydrogen-bond donors (Lipinski definition) is 2. The highest BCUT2D eigenvalue weighted by molar-refractivity contribution is 5.86. The third kappa shape index (κ3) is 2.33. The molecule has 0 saturated heterocycles. The Labute approximate surface area is 117 Å². The molecule has 0 aliphatic heterocycles. The van der Waals surface area contributed by atoms with E-state index in [-0.39, 0.29) is 22.5 Å². The third-order valence-corrected chi connectivity index (χ3v) is 3.04. The molecule has 2 N–H and O–H groups in total. The lowest BCUT2D eigenvalue weighted by Crippen LogP contribution is -2.12. The van der Waals surface area contributed by atoms with Crippen molar-refractivity contribution in [2.24, 2.45) is 0 Å². The van der Waals surface area contributed by atoms with Gasteiger partial charge in [0.2, 0.25) is 0 Å². The van der Waals surface area contributed by atoms with Crippen LogP contribution in [0.1, 0.15) is 5.56 Å². The molecule has 0 amide bonds. The molecule has 106 valence electrons. The first kappa shape index (κ1) is 13.2. The van der Waals surface area contributed by atoms with E-state index in [4.69, 9.17) is 0 Å². The highest BCUT2D eigenvalue weighted by atomic mass is 19.1. The van der Waals surface area contributed by atoms with Crippen LogP contribution >= 0.6 is 0 Å². The first-order valence-corrected chi connectivity index (χ1v) is 6.12. The van der Waals surface area contributed by atoms with E-state index in [1.54, 1.807) is 19.1 Å². The zero-order chi connectivity index (χ0) is 15.0. The Morgan fingerprint density at radius 1 is 1.24 bits per heavy atom. The maximum Gasteiger partial charge on any atom is 0.284 e. The number of benzene rings is 1. The maximum atomic E-state index is 14.0. The molecule has 0 atom stereocenters. The summed E-state index contributed by atoms with van der Waals surface area (Å²) in [6, 6.07) is 5.87. The summed E-state index contributed by atoms with van der Waals surface area (Å²) in [5.41, 5.74) is 0.227. The normalized spacial score (nSPS) is 10.8.